The van der Waals surface area contributed by atoms with Gasteiger partial charge in [-0.3, -0.25) is 33.6 Å². The molecule has 1 aromatic carbocycles. The van der Waals surface area contributed by atoms with E-state index in [0.717, 1.165) is 0 Å². The van der Waals surface area contributed by atoms with Crippen LogP contribution in [-0.2, 0) is 44.8 Å². The van der Waals surface area contributed by atoms with Crippen LogP contribution in [-0.4, -0.2) is 99.0 Å². The molecular weight excluding hydrogens is 608 g/mol. The van der Waals surface area contributed by atoms with Crippen molar-refractivity contribution in [3.05, 3.63) is 35.9 Å². The molecule has 0 bridgehead atoms. The zero-order valence-corrected chi connectivity index (χ0v) is 25.9. The first-order valence-electron chi connectivity index (χ1n) is 14.4. The molecule has 0 heterocycles. The van der Waals surface area contributed by atoms with Gasteiger partial charge in [0.2, 0.25) is 29.5 Å². The molecule has 6 atom stereocenters. The third-order valence-electron chi connectivity index (χ3n) is 6.66. The molecule has 1 aromatic rings. The molecule has 5 amide bonds. The number of nitrogens with two attached hydrogens (primary N) is 1. The molecule has 17 nitrogen and oxygen atoms in total. The largest absolute Gasteiger partial charge is 0.481 e. The Morgan fingerprint density at radius 2 is 1.15 bits per heavy atom. The van der Waals surface area contributed by atoms with Crippen molar-refractivity contribution in [2.24, 2.45) is 11.7 Å². The molecule has 254 valence electrons. The van der Waals surface area contributed by atoms with Crippen LogP contribution in [0.3, 0.4) is 0 Å². The fourth-order valence-electron chi connectivity index (χ4n) is 4.00. The molecule has 0 radical (unpaired) electrons. The van der Waals surface area contributed by atoms with Gasteiger partial charge in [0.05, 0.1) is 12.5 Å². The van der Waals surface area contributed by atoms with E-state index < -0.39 is 109 Å². The molecule has 0 fully saturated rings. The average molecular weight is 651 g/mol. The second-order valence-corrected chi connectivity index (χ2v) is 11.0. The number of carboxylic acids is 3. The Balaban J connectivity index is 2.95. The minimum absolute atomic E-state index is 0.00947. The molecule has 10 N–H and O–H groups in total. The molecule has 0 saturated carbocycles. The van der Waals surface area contributed by atoms with E-state index in [1.807, 2.05) is 0 Å². The van der Waals surface area contributed by atoms with E-state index in [4.69, 9.17) is 15.9 Å². The first kappa shape index (κ1) is 39.0. The van der Waals surface area contributed by atoms with Crippen LogP contribution < -0.4 is 32.3 Å². The topological polar surface area (TPSA) is 283 Å². The summed E-state index contributed by atoms with van der Waals surface area (Å²) in [7, 11) is 0. The van der Waals surface area contributed by atoms with Crippen molar-refractivity contribution in [3.63, 3.8) is 0 Å². The number of benzene rings is 1. The van der Waals surface area contributed by atoms with Crippen LogP contribution in [0.5, 0.6) is 0 Å². The lowest BCUT2D eigenvalue weighted by molar-refractivity contribution is -0.143. The van der Waals surface area contributed by atoms with Gasteiger partial charge in [-0.15, -0.1) is 0 Å². The highest BCUT2D eigenvalue weighted by molar-refractivity contribution is 5.96. The summed E-state index contributed by atoms with van der Waals surface area (Å²) >= 11 is 0. The SMILES string of the molecule is CC(C)[C@H](NC(=O)[C@H](Cc1ccccc1)NC(=O)[C@H](C)NC(=O)[C@H](C)NC(=O)[C@@H](CCC(=O)O)NC(=O)[C@@H](N)CC(=O)O)C(=O)O. The summed E-state index contributed by atoms with van der Waals surface area (Å²) in [4.78, 5) is 97.5. The highest BCUT2D eigenvalue weighted by Crippen LogP contribution is 2.07. The lowest BCUT2D eigenvalue weighted by Crippen LogP contribution is -2.58. The molecule has 46 heavy (non-hydrogen) atoms. The van der Waals surface area contributed by atoms with Gasteiger partial charge >= 0.3 is 17.9 Å². The van der Waals surface area contributed by atoms with Crippen molar-refractivity contribution >= 4 is 47.4 Å². The van der Waals surface area contributed by atoms with E-state index in [-0.39, 0.29) is 6.42 Å². The Kier molecular flexibility index (Phi) is 15.8. The van der Waals surface area contributed by atoms with Crippen molar-refractivity contribution in [3.8, 4) is 0 Å². The van der Waals surface area contributed by atoms with Gasteiger partial charge in [0, 0.05) is 12.8 Å². The van der Waals surface area contributed by atoms with Crippen molar-refractivity contribution in [1.29, 1.82) is 0 Å². The summed E-state index contributed by atoms with van der Waals surface area (Å²) in [5.41, 5.74) is 6.17. The van der Waals surface area contributed by atoms with Gasteiger partial charge in [0.25, 0.3) is 0 Å². The number of hydrogen-bond donors (Lipinski definition) is 9. The van der Waals surface area contributed by atoms with E-state index in [1.165, 1.54) is 13.8 Å². The average Bonchev–Trinajstić information content (AvgIpc) is 2.96. The monoisotopic (exact) mass is 650 g/mol. The van der Waals surface area contributed by atoms with Crippen molar-refractivity contribution in [2.75, 3.05) is 0 Å². The van der Waals surface area contributed by atoms with Crippen LogP contribution in [0.15, 0.2) is 30.3 Å². The van der Waals surface area contributed by atoms with Crippen molar-refractivity contribution in [2.45, 2.75) is 89.6 Å². The van der Waals surface area contributed by atoms with Gasteiger partial charge in [0.15, 0.2) is 0 Å². The van der Waals surface area contributed by atoms with Crippen LogP contribution in [0.1, 0.15) is 52.5 Å². The van der Waals surface area contributed by atoms with Gasteiger partial charge in [-0.05, 0) is 31.7 Å². The Morgan fingerprint density at radius 1 is 0.652 bits per heavy atom. The van der Waals surface area contributed by atoms with Gasteiger partial charge < -0.3 is 47.6 Å². The maximum absolute atomic E-state index is 13.1. The highest BCUT2D eigenvalue weighted by Gasteiger charge is 2.31. The van der Waals surface area contributed by atoms with Crippen molar-refractivity contribution in [1.82, 2.24) is 26.6 Å². The molecule has 0 aliphatic carbocycles. The summed E-state index contributed by atoms with van der Waals surface area (Å²) in [6, 6.07) is 0.658. The Hall–Kier alpha value is -5.06. The predicted molar refractivity (Wildman–Crippen MR) is 161 cm³/mol. The number of amides is 5. The maximum atomic E-state index is 13.1. The fraction of sp³-hybridized carbons (Fsp3) is 0.517. The molecule has 0 aromatic heterocycles. The van der Waals surface area contributed by atoms with Crippen molar-refractivity contribution < 1.29 is 53.7 Å². The van der Waals surface area contributed by atoms with Crippen LogP contribution >= 0.6 is 0 Å². The Morgan fingerprint density at radius 3 is 1.65 bits per heavy atom. The van der Waals surface area contributed by atoms with Crippen LogP contribution in [0.2, 0.25) is 0 Å². The van der Waals surface area contributed by atoms with Gasteiger partial charge in [-0.2, -0.15) is 0 Å². The minimum Gasteiger partial charge on any atom is -0.481 e. The summed E-state index contributed by atoms with van der Waals surface area (Å²) in [5.74, 6) is -8.74. The number of carbonyl (C=O) groups is 8. The highest BCUT2D eigenvalue weighted by atomic mass is 16.4. The molecule has 0 unspecified atom stereocenters. The summed E-state index contributed by atoms with van der Waals surface area (Å²) in [5, 5.41) is 39.1. The molecule has 17 heteroatoms. The van der Waals surface area contributed by atoms with Crippen LogP contribution in [0.25, 0.3) is 0 Å². The molecule has 0 saturated heterocycles. The van der Waals surface area contributed by atoms with E-state index in [9.17, 15) is 43.5 Å². The molecule has 0 aliphatic rings. The first-order chi connectivity index (χ1) is 21.4. The summed E-state index contributed by atoms with van der Waals surface area (Å²) in [6.45, 7) is 5.79. The van der Waals surface area contributed by atoms with Gasteiger partial charge in [0.1, 0.15) is 30.2 Å². The number of hydrogen-bond acceptors (Lipinski definition) is 9. The zero-order chi connectivity index (χ0) is 35.1. The third-order valence-corrected chi connectivity index (χ3v) is 6.66. The quantitative estimate of drug-likeness (QED) is 0.0794. The zero-order valence-electron chi connectivity index (χ0n) is 25.9. The van der Waals surface area contributed by atoms with Gasteiger partial charge in [-0.1, -0.05) is 44.2 Å². The summed E-state index contributed by atoms with van der Waals surface area (Å²) in [6.07, 6.45) is -1.68. The second kappa shape index (κ2) is 18.7. The lowest BCUT2D eigenvalue weighted by atomic mass is 10.0. The van der Waals surface area contributed by atoms with E-state index in [2.05, 4.69) is 26.6 Å². The standard InChI is InChI=1S/C29H42N6O11/c1-14(2)23(29(45)46)35-28(44)20(12-17-8-6-5-7-9-17)34-25(41)16(4)31-24(40)15(3)32-27(43)19(10-11-21(36)37)33-26(42)18(30)13-22(38)39/h5-9,14-16,18-20,23H,10-13,30H2,1-4H3,(H,31,40)(H,32,43)(H,33,42)(H,34,41)(H,35,44)(H,36,37)(H,38,39)(H,45,46)/t15-,16-,18-,19+,20-,23-/m0/s1. The normalized spacial score (nSPS) is 14.7. The number of carbonyl (C=O) groups excluding carboxylic acids is 5. The minimum atomic E-state index is -1.52. The smallest absolute Gasteiger partial charge is 0.326 e. The molecule has 1 rings (SSSR count). The van der Waals surface area contributed by atoms with Crippen LogP contribution in [0.4, 0.5) is 0 Å². The molecule has 0 aliphatic heterocycles. The predicted octanol–water partition coefficient (Wildman–Crippen LogP) is -1.90. The Bertz CT molecular complexity index is 1270. The maximum Gasteiger partial charge on any atom is 0.326 e. The number of nitrogens with one attached hydrogen (secondary N) is 5. The number of rotatable bonds is 19. The number of aliphatic carboxylic acids is 3. The lowest BCUT2D eigenvalue weighted by Gasteiger charge is -2.25. The first-order valence-corrected chi connectivity index (χ1v) is 14.4. The fourth-order valence-corrected chi connectivity index (χ4v) is 4.00. The van der Waals surface area contributed by atoms with E-state index in [1.54, 1.807) is 44.2 Å². The molecular formula is C29H42N6O11. The Labute approximate surface area is 265 Å². The summed E-state index contributed by atoms with van der Waals surface area (Å²) < 4.78 is 0. The van der Waals surface area contributed by atoms with E-state index >= 15 is 0 Å². The van der Waals surface area contributed by atoms with E-state index in [0.29, 0.717) is 5.56 Å². The van der Waals surface area contributed by atoms with Gasteiger partial charge in [-0.25, -0.2) is 4.79 Å². The second-order valence-electron chi connectivity index (χ2n) is 11.0. The van der Waals surface area contributed by atoms with Crippen LogP contribution in [0, 0.1) is 5.92 Å². The third kappa shape index (κ3) is 13.7. The number of carboxylic acid groups (broad SMARTS) is 3. The molecule has 0 spiro atoms.